The highest BCUT2D eigenvalue weighted by Gasteiger charge is 2.11. The molecule has 114 valence electrons. The third-order valence-corrected chi connectivity index (χ3v) is 3.71. The van der Waals surface area contributed by atoms with Crippen LogP contribution in [0.4, 0.5) is 5.82 Å². The van der Waals surface area contributed by atoms with Gasteiger partial charge in [-0.05, 0) is 35.8 Å². The van der Waals surface area contributed by atoms with Crippen molar-refractivity contribution in [2.24, 2.45) is 4.99 Å². The number of nitrogens with zero attached hydrogens (tertiary/aromatic N) is 2. The molecule has 0 fully saturated rings. The van der Waals surface area contributed by atoms with Crippen LogP contribution in [0, 0.1) is 0 Å². The van der Waals surface area contributed by atoms with E-state index in [1.165, 1.54) is 0 Å². The van der Waals surface area contributed by atoms with Gasteiger partial charge >= 0.3 is 0 Å². The first-order chi connectivity index (χ1) is 10.7. The van der Waals surface area contributed by atoms with Crippen molar-refractivity contribution in [3.05, 3.63) is 35.9 Å². The maximum Gasteiger partial charge on any atom is 0.132 e. The average Bonchev–Trinajstić information content (AvgIpc) is 3.05. The van der Waals surface area contributed by atoms with Crippen LogP contribution in [0.15, 0.2) is 35.3 Å². The van der Waals surface area contributed by atoms with Gasteiger partial charge in [0.05, 0.1) is 18.2 Å². The number of hydrogen-bond acceptors (Lipinski definition) is 5. The predicted molar refractivity (Wildman–Crippen MR) is 89.3 cm³/mol. The van der Waals surface area contributed by atoms with E-state index in [0.29, 0.717) is 24.5 Å². The molecule has 0 saturated carbocycles. The number of aliphatic hydroxyl groups is 1. The molecule has 0 saturated heterocycles. The molecular formula is C17H19N3O2. The Balaban J connectivity index is 1.95. The molecule has 3 rings (SSSR count). The van der Waals surface area contributed by atoms with E-state index in [1.807, 2.05) is 37.4 Å². The number of hydrogen-bond donors (Lipinski definition) is 2. The lowest BCUT2D eigenvalue weighted by Gasteiger charge is -2.13. The third kappa shape index (κ3) is 2.94. The van der Waals surface area contributed by atoms with Crippen molar-refractivity contribution in [2.45, 2.75) is 19.4 Å². The molecule has 2 heterocycles. The van der Waals surface area contributed by atoms with Crippen LogP contribution in [-0.4, -0.2) is 35.6 Å². The number of aliphatic hydroxyl groups excluding tert-OH is 1. The number of aliphatic imine (C=N–C) groups is 1. The maximum atomic E-state index is 9.66. The smallest absolute Gasteiger partial charge is 0.132 e. The molecule has 5 heteroatoms. The van der Waals surface area contributed by atoms with Gasteiger partial charge in [0.25, 0.3) is 0 Å². The Morgan fingerprint density at radius 3 is 2.95 bits per heavy atom. The van der Waals surface area contributed by atoms with Crippen LogP contribution in [0.5, 0.6) is 5.75 Å². The molecule has 22 heavy (non-hydrogen) atoms. The summed E-state index contributed by atoms with van der Waals surface area (Å²) in [6.45, 7) is 2.85. The second-order valence-corrected chi connectivity index (χ2v) is 5.33. The van der Waals surface area contributed by atoms with Crippen molar-refractivity contribution in [3.8, 4) is 5.75 Å². The molecule has 1 aliphatic heterocycles. The lowest BCUT2D eigenvalue weighted by atomic mass is 10.0. The first-order valence-corrected chi connectivity index (χ1v) is 7.38. The van der Waals surface area contributed by atoms with E-state index in [9.17, 15) is 5.11 Å². The molecule has 0 aliphatic carbocycles. The minimum Gasteiger partial charge on any atom is -0.490 e. The van der Waals surface area contributed by atoms with E-state index < -0.39 is 6.10 Å². The number of pyridine rings is 1. The summed E-state index contributed by atoms with van der Waals surface area (Å²) in [4.78, 5) is 8.58. The van der Waals surface area contributed by atoms with E-state index in [-0.39, 0.29) is 6.61 Å². The lowest BCUT2D eigenvalue weighted by Crippen LogP contribution is -2.16. The van der Waals surface area contributed by atoms with Gasteiger partial charge in [-0.1, -0.05) is 13.0 Å². The number of anilines is 1. The van der Waals surface area contributed by atoms with Crippen LogP contribution in [0.2, 0.25) is 0 Å². The normalized spacial score (nSPS) is 15.1. The third-order valence-electron chi connectivity index (χ3n) is 3.71. The largest absolute Gasteiger partial charge is 0.490 e. The molecule has 0 bridgehead atoms. The van der Waals surface area contributed by atoms with Gasteiger partial charge in [-0.2, -0.15) is 0 Å². The lowest BCUT2D eigenvalue weighted by molar-refractivity contribution is 0.105. The topological polar surface area (TPSA) is 80.7 Å². The Labute approximate surface area is 129 Å². The monoisotopic (exact) mass is 297 g/mol. The number of benzene rings is 1. The van der Waals surface area contributed by atoms with Gasteiger partial charge in [0, 0.05) is 17.7 Å². The van der Waals surface area contributed by atoms with Crippen LogP contribution in [0.25, 0.3) is 16.5 Å². The zero-order valence-corrected chi connectivity index (χ0v) is 12.5. The molecule has 0 amide bonds. The van der Waals surface area contributed by atoms with E-state index in [2.05, 4.69) is 9.98 Å². The van der Waals surface area contributed by atoms with Crippen LogP contribution >= 0.6 is 0 Å². The molecule has 1 aliphatic rings. The van der Waals surface area contributed by atoms with Crippen LogP contribution < -0.4 is 10.5 Å². The van der Waals surface area contributed by atoms with Gasteiger partial charge in [-0.25, -0.2) is 4.98 Å². The molecule has 2 aromatic rings. The number of nitrogens with two attached hydrogens (primary N) is 1. The minimum atomic E-state index is -0.482. The average molecular weight is 297 g/mol. The predicted octanol–water partition coefficient (Wildman–Crippen LogP) is 2.43. The Morgan fingerprint density at radius 1 is 1.36 bits per heavy atom. The van der Waals surface area contributed by atoms with Crippen molar-refractivity contribution in [3.63, 3.8) is 0 Å². The van der Waals surface area contributed by atoms with Crippen LogP contribution in [0.3, 0.4) is 0 Å². The van der Waals surface area contributed by atoms with Gasteiger partial charge < -0.3 is 15.6 Å². The van der Waals surface area contributed by atoms with E-state index in [0.717, 1.165) is 22.0 Å². The molecule has 5 nitrogen and oxygen atoms in total. The summed E-state index contributed by atoms with van der Waals surface area (Å²) in [7, 11) is 0. The van der Waals surface area contributed by atoms with Crippen molar-refractivity contribution < 1.29 is 9.84 Å². The van der Waals surface area contributed by atoms with Crippen LogP contribution in [-0.2, 0) is 0 Å². The fraction of sp³-hybridized carbons (Fsp3) is 0.294. The molecule has 0 spiro atoms. The minimum absolute atomic E-state index is 0.246. The van der Waals surface area contributed by atoms with E-state index in [1.54, 1.807) is 6.07 Å². The molecule has 0 unspecified atom stereocenters. The van der Waals surface area contributed by atoms with Gasteiger partial charge in [0.15, 0.2) is 0 Å². The summed E-state index contributed by atoms with van der Waals surface area (Å²) in [5.41, 5.74) is 8.91. The van der Waals surface area contributed by atoms with Gasteiger partial charge in [0.2, 0.25) is 0 Å². The van der Waals surface area contributed by atoms with Gasteiger partial charge in [-0.3, -0.25) is 4.99 Å². The number of allylic oxidation sites excluding steroid dienone is 1. The summed E-state index contributed by atoms with van der Waals surface area (Å²) in [6, 6.07) is 7.70. The van der Waals surface area contributed by atoms with Gasteiger partial charge in [-0.15, -0.1) is 0 Å². The Hall–Kier alpha value is -2.40. The number of rotatable bonds is 5. The highest BCUT2D eigenvalue weighted by atomic mass is 16.5. The maximum absolute atomic E-state index is 9.66. The first-order valence-electron chi connectivity index (χ1n) is 7.38. The van der Waals surface area contributed by atoms with Crippen molar-refractivity contribution in [1.29, 1.82) is 0 Å². The van der Waals surface area contributed by atoms with E-state index in [4.69, 9.17) is 10.5 Å². The fourth-order valence-corrected chi connectivity index (χ4v) is 2.37. The highest BCUT2D eigenvalue weighted by molar-refractivity contribution is 5.94. The number of aromatic nitrogens is 1. The SMILES string of the molecule is CC[C@@H](O)COc1cc(N)nc2cc(C3=CC=NC3)ccc12. The Kier molecular flexibility index (Phi) is 4.06. The Bertz CT molecular complexity index is 753. The summed E-state index contributed by atoms with van der Waals surface area (Å²) in [5.74, 6) is 1.06. The van der Waals surface area contributed by atoms with Crippen molar-refractivity contribution in [2.75, 3.05) is 18.9 Å². The van der Waals surface area contributed by atoms with Crippen molar-refractivity contribution in [1.82, 2.24) is 4.98 Å². The molecule has 0 radical (unpaired) electrons. The molecule has 1 aromatic carbocycles. The molecule has 1 aromatic heterocycles. The van der Waals surface area contributed by atoms with Crippen LogP contribution in [0.1, 0.15) is 18.9 Å². The zero-order valence-electron chi connectivity index (χ0n) is 12.5. The van der Waals surface area contributed by atoms with E-state index >= 15 is 0 Å². The molecule has 1 atom stereocenters. The number of nitrogen functional groups attached to an aromatic ring is 1. The Morgan fingerprint density at radius 2 is 2.23 bits per heavy atom. The standard InChI is InChI=1S/C17H19N3O2/c1-2-13(21)10-22-16-8-17(18)20-15-7-11(3-4-14(15)16)12-5-6-19-9-12/h3-8,13,21H,2,9-10H2,1H3,(H2,18,20)/t13-/m1/s1. The zero-order chi connectivity index (χ0) is 15.5. The second kappa shape index (κ2) is 6.15. The molecular weight excluding hydrogens is 278 g/mol. The van der Waals surface area contributed by atoms with Gasteiger partial charge in [0.1, 0.15) is 18.2 Å². The summed E-state index contributed by atoms with van der Waals surface area (Å²) in [5, 5.41) is 10.5. The number of ether oxygens (including phenoxy) is 1. The summed E-state index contributed by atoms with van der Waals surface area (Å²) in [6.07, 6.45) is 3.98. The van der Waals surface area contributed by atoms with Crippen molar-refractivity contribution >= 4 is 28.5 Å². The highest BCUT2D eigenvalue weighted by Crippen LogP contribution is 2.29. The summed E-state index contributed by atoms with van der Waals surface area (Å²) < 4.78 is 5.71. The summed E-state index contributed by atoms with van der Waals surface area (Å²) >= 11 is 0. The molecule has 3 N–H and O–H groups in total. The second-order valence-electron chi connectivity index (χ2n) is 5.33. The first kappa shape index (κ1) is 14.5. The fourth-order valence-electron chi connectivity index (χ4n) is 2.37. The quantitative estimate of drug-likeness (QED) is 0.888. The number of fused-ring (bicyclic) bond motifs is 1.